The van der Waals surface area contributed by atoms with Crippen LogP contribution in [0.15, 0.2) is 54.9 Å². The average Bonchev–Trinajstić information content (AvgIpc) is 2.73. The Bertz CT molecular complexity index is 887. The van der Waals surface area contributed by atoms with Crippen LogP contribution in [0.1, 0.15) is 48.7 Å². The number of rotatable bonds is 7. The third-order valence-electron chi connectivity index (χ3n) is 5.61. The zero-order chi connectivity index (χ0) is 18.5. The van der Waals surface area contributed by atoms with Gasteiger partial charge in [0.25, 0.3) is 0 Å². The van der Waals surface area contributed by atoms with Gasteiger partial charge in [-0.25, -0.2) is 0 Å². The normalized spacial score (nSPS) is 16.6. The molecule has 0 saturated heterocycles. The lowest BCUT2D eigenvalue weighted by molar-refractivity contribution is 0.162. The van der Waals surface area contributed by atoms with Gasteiger partial charge in [0, 0.05) is 24.3 Å². The number of hydrogen-bond donors (Lipinski definition) is 1. The topological polar surface area (TPSA) is 55.0 Å². The predicted octanol–water partition coefficient (Wildman–Crippen LogP) is 4.25. The van der Waals surface area contributed by atoms with Gasteiger partial charge in [0.1, 0.15) is 0 Å². The Labute approximate surface area is 161 Å². The molecule has 2 heterocycles. The Morgan fingerprint density at radius 1 is 1.00 bits per heavy atom. The average molecular weight is 361 g/mol. The van der Waals surface area contributed by atoms with Gasteiger partial charge in [-0.1, -0.05) is 30.3 Å². The van der Waals surface area contributed by atoms with Crippen LogP contribution in [-0.4, -0.2) is 28.0 Å². The quantitative estimate of drug-likeness (QED) is 0.640. The fourth-order valence-corrected chi connectivity index (χ4v) is 4.25. The van der Waals surface area contributed by atoms with Gasteiger partial charge < -0.3 is 5.73 Å². The molecule has 0 fully saturated rings. The number of pyridine rings is 2. The summed E-state index contributed by atoms with van der Waals surface area (Å²) in [5, 5.41) is 2.51. The molecule has 140 valence electrons. The maximum Gasteiger partial charge on any atom is 0.0622 e. The smallest absolute Gasteiger partial charge is 0.0622 e. The zero-order valence-electron chi connectivity index (χ0n) is 15.8. The minimum absolute atomic E-state index is 0.369. The summed E-state index contributed by atoms with van der Waals surface area (Å²) in [5.41, 5.74) is 9.58. The third-order valence-corrected chi connectivity index (χ3v) is 5.61. The van der Waals surface area contributed by atoms with Gasteiger partial charge in [-0.3, -0.25) is 14.9 Å². The molecule has 0 radical (unpaired) electrons. The molecule has 1 unspecified atom stereocenters. The molecule has 27 heavy (non-hydrogen) atoms. The summed E-state index contributed by atoms with van der Waals surface area (Å²) in [6.45, 7) is 2.63. The van der Waals surface area contributed by atoms with E-state index in [2.05, 4.69) is 47.4 Å². The van der Waals surface area contributed by atoms with Gasteiger partial charge >= 0.3 is 0 Å². The molecule has 2 aromatic heterocycles. The molecule has 0 aliphatic heterocycles. The van der Waals surface area contributed by atoms with E-state index < -0.39 is 0 Å². The number of nitrogens with two attached hydrogens (primary N) is 1. The second-order valence-electron chi connectivity index (χ2n) is 7.40. The first-order valence-electron chi connectivity index (χ1n) is 10.1. The molecule has 4 heteroatoms. The van der Waals surface area contributed by atoms with Crippen molar-refractivity contribution in [1.29, 1.82) is 0 Å². The molecule has 4 nitrogen and oxygen atoms in total. The second-order valence-corrected chi connectivity index (χ2v) is 7.40. The van der Waals surface area contributed by atoms with Crippen LogP contribution in [0.25, 0.3) is 10.8 Å². The summed E-state index contributed by atoms with van der Waals surface area (Å²) >= 11 is 0. The van der Waals surface area contributed by atoms with Gasteiger partial charge in [0.15, 0.2) is 0 Å². The Balaban J connectivity index is 1.65. The number of unbranched alkanes of at least 4 members (excludes halogenated alkanes) is 1. The minimum Gasteiger partial charge on any atom is -0.330 e. The predicted molar refractivity (Wildman–Crippen MR) is 110 cm³/mol. The van der Waals surface area contributed by atoms with E-state index in [1.807, 2.05) is 12.4 Å². The highest BCUT2D eigenvalue weighted by molar-refractivity contribution is 5.84. The molecule has 3 aromatic rings. The summed E-state index contributed by atoms with van der Waals surface area (Å²) in [7, 11) is 0. The molecule has 1 aliphatic rings. The standard InChI is InChI=1S/C23H28N4/c24-13-3-4-16-27(22-11-5-8-19-9-6-14-26-23(19)22)17-21-20-10-2-1-7-18(20)12-15-25-21/h1-2,6-7,9-10,12,14-15,22H,3-5,8,11,13,16-17,24H2. The van der Waals surface area contributed by atoms with Crippen LogP contribution in [-0.2, 0) is 13.0 Å². The number of aryl methyl sites for hydroxylation is 1. The zero-order valence-corrected chi connectivity index (χ0v) is 15.8. The van der Waals surface area contributed by atoms with Crippen LogP contribution in [0, 0.1) is 0 Å². The number of nitrogens with zero attached hydrogens (tertiary/aromatic N) is 3. The van der Waals surface area contributed by atoms with Crippen molar-refractivity contribution in [2.45, 2.75) is 44.7 Å². The van der Waals surface area contributed by atoms with E-state index in [-0.39, 0.29) is 0 Å². The van der Waals surface area contributed by atoms with E-state index in [1.54, 1.807) is 0 Å². The molecule has 0 bridgehead atoms. The highest BCUT2D eigenvalue weighted by Crippen LogP contribution is 2.34. The molecule has 0 saturated carbocycles. The first kappa shape index (κ1) is 18.1. The van der Waals surface area contributed by atoms with Gasteiger partial charge in [-0.15, -0.1) is 0 Å². The monoisotopic (exact) mass is 360 g/mol. The molecule has 2 N–H and O–H groups in total. The molecular formula is C23H28N4. The fourth-order valence-electron chi connectivity index (χ4n) is 4.25. The van der Waals surface area contributed by atoms with Crippen LogP contribution in [0.2, 0.25) is 0 Å². The maximum absolute atomic E-state index is 5.75. The first-order chi connectivity index (χ1) is 13.4. The highest BCUT2D eigenvalue weighted by Gasteiger charge is 2.27. The molecule has 4 rings (SSSR count). The summed E-state index contributed by atoms with van der Waals surface area (Å²) in [5.74, 6) is 0. The molecule has 0 amide bonds. The van der Waals surface area contributed by atoms with E-state index in [1.165, 1.54) is 28.5 Å². The molecular weight excluding hydrogens is 332 g/mol. The summed E-state index contributed by atoms with van der Waals surface area (Å²) in [6.07, 6.45) is 9.56. The van der Waals surface area contributed by atoms with Gasteiger partial charge in [0.2, 0.25) is 0 Å². The Morgan fingerprint density at radius 2 is 1.93 bits per heavy atom. The van der Waals surface area contributed by atoms with E-state index in [0.29, 0.717) is 6.04 Å². The van der Waals surface area contributed by atoms with Crippen LogP contribution >= 0.6 is 0 Å². The Hall–Kier alpha value is -2.30. The number of fused-ring (bicyclic) bond motifs is 2. The van der Waals surface area contributed by atoms with E-state index in [4.69, 9.17) is 15.7 Å². The van der Waals surface area contributed by atoms with Crippen LogP contribution < -0.4 is 5.73 Å². The lowest BCUT2D eigenvalue weighted by atomic mass is 9.90. The maximum atomic E-state index is 5.75. The lowest BCUT2D eigenvalue weighted by Gasteiger charge is -2.35. The molecule has 1 aromatic carbocycles. The van der Waals surface area contributed by atoms with E-state index >= 15 is 0 Å². The SMILES string of the molecule is NCCCCN(Cc1nccc2ccccc12)C1CCCc2cccnc21. The van der Waals surface area contributed by atoms with Crippen LogP contribution in [0.4, 0.5) is 0 Å². The summed E-state index contributed by atoms with van der Waals surface area (Å²) in [6, 6.07) is 15.3. The van der Waals surface area contributed by atoms with Crippen molar-refractivity contribution in [2.24, 2.45) is 5.73 Å². The molecule has 0 spiro atoms. The van der Waals surface area contributed by atoms with Crippen LogP contribution in [0.3, 0.4) is 0 Å². The van der Waals surface area contributed by atoms with Crippen LogP contribution in [0.5, 0.6) is 0 Å². The Kier molecular flexibility index (Phi) is 5.75. The van der Waals surface area contributed by atoms with Crippen molar-refractivity contribution in [3.8, 4) is 0 Å². The summed E-state index contributed by atoms with van der Waals surface area (Å²) in [4.78, 5) is 12.1. The van der Waals surface area contributed by atoms with Crippen molar-refractivity contribution in [1.82, 2.24) is 14.9 Å². The first-order valence-corrected chi connectivity index (χ1v) is 10.1. The number of aromatic nitrogens is 2. The number of hydrogen-bond acceptors (Lipinski definition) is 4. The van der Waals surface area contributed by atoms with Crippen molar-refractivity contribution >= 4 is 10.8 Å². The summed E-state index contributed by atoms with van der Waals surface area (Å²) < 4.78 is 0. The van der Waals surface area contributed by atoms with Gasteiger partial charge in [-0.05, 0) is 68.3 Å². The van der Waals surface area contributed by atoms with Crippen molar-refractivity contribution in [2.75, 3.05) is 13.1 Å². The van der Waals surface area contributed by atoms with Gasteiger partial charge in [0.05, 0.1) is 17.4 Å². The third kappa shape index (κ3) is 4.02. The Morgan fingerprint density at radius 3 is 2.85 bits per heavy atom. The van der Waals surface area contributed by atoms with Crippen molar-refractivity contribution in [3.05, 3.63) is 71.8 Å². The van der Waals surface area contributed by atoms with Gasteiger partial charge in [-0.2, -0.15) is 0 Å². The lowest BCUT2D eigenvalue weighted by Crippen LogP contribution is -2.33. The fraction of sp³-hybridized carbons (Fsp3) is 0.391. The van der Waals surface area contributed by atoms with E-state index in [9.17, 15) is 0 Å². The minimum atomic E-state index is 0.369. The second kappa shape index (κ2) is 8.59. The van der Waals surface area contributed by atoms with E-state index in [0.717, 1.165) is 51.0 Å². The molecule has 1 aliphatic carbocycles. The number of benzene rings is 1. The van der Waals surface area contributed by atoms with Crippen molar-refractivity contribution in [3.63, 3.8) is 0 Å². The largest absolute Gasteiger partial charge is 0.330 e. The van der Waals surface area contributed by atoms with Crippen molar-refractivity contribution < 1.29 is 0 Å². The highest BCUT2D eigenvalue weighted by atomic mass is 15.2. The molecule has 1 atom stereocenters.